The zero-order chi connectivity index (χ0) is 20.2. The lowest BCUT2D eigenvalue weighted by Gasteiger charge is -2.31. The summed E-state index contributed by atoms with van der Waals surface area (Å²) in [4.78, 5) is 31.3. The molecule has 1 fully saturated rings. The minimum absolute atomic E-state index is 0.0518. The van der Waals surface area contributed by atoms with Crippen LogP contribution in [-0.4, -0.2) is 39.9 Å². The molecule has 3 heterocycles. The van der Waals surface area contributed by atoms with Crippen LogP contribution >= 0.6 is 11.3 Å². The van der Waals surface area contributed by atoms with Gasteiger partial charge in [-0.2, -0.15) is 4.98 Å². The van der Waals surface area contributed by atoms with Crippen molar-refractivity contribution in [1.29, 1.82) is 0 Å². The van der Waals surface area contributed by atoms with Crippen molar-refractivity contribution in [2.45, 2.75) is 32.1 Å². The molecule has 1 atom stereocenters. The van der Waals surface area contributed by atoms with E-state index in [-0.39, 0.29) is 17.7 Å². The second-order valence-electron chi connectivity index (χ2n) is 7.15. The zero-order valence-electron chi connectivity index (χ0n) is 16.1. The molecule has 0 spiro atoms. The monoisotopic (exact) mass is 410 g/mol. The molecule has 0 bridgehead atoms. The average molecular weight is 410 g/mol. The van der Waals surface area contributed by atoms with Crippen molar-refractivity contribution in [1.82, 2.24) is 15.0 Å². The number of nitrogens with zero attached hydrogens (tertiary/aromatic N) is 3. The highest BCUT2D eigenvalue weighted by Gasteiger charge is 2.28. The molecule has 0 saturated carbocycles. The first-order valence-corrected chi connectivity index (χ1v) is 10.5. The highest BCUT2D eigenvalue weighted by atomic mass is 32.1. The van der Waals surface area contributed by atoms with Gasteiger partial charge in [-0.05, 0) is 48.6 Å². The Morgan fingerprint density at radius 2 is 2.10 bits per heavy atom. The van der Waals surface area contributed by atoms with E-state index < -0.39 is 0 Å². The normalized spacial score (nSPS) is 16.6. The van der Waals surface area contributed by atoms with Gasteiger partial charge >= 0.3 is 0 Å². The number of hydrogen-bond acceptors (Lipinski definition) is 6. The Kier molecular flexibility index (Phi) is 5.71. The number of carbonyl (C=O) groups is 2. The van der Waals surface area contributed by atoms with Crippen LogP contribution in [0.4, 0.5) is 5.69 Å². The van der Waals surface area contributed by atoms with E-state index in [1.807, 2.05) is 34.5 Å². The average Bonchev–Trinajstić information content (AvgIpc) is 3.40. The lowest BCUT2D eigenvalue weighted by molar-refractivity contribution is -0.131. The molecule has 2 aromatic heterocycles. The van der Waals surface area contributed by atoms with Crippen molar-refractivity contribution in [3.8, 4) is 11.4 Å². The maximum atomic E-state index is 12.6. The number of piperidine rings is 1. The van der Waals surface area contributed by atoms with Crippen LogP contribution in [0.2, 0.25) is 0 Å². The maximum absolute atomic E-state index is 12.6. The largest absolute Gasteiger partial charge is 0.342 e. The Morgan fingerprint density at radius 1 is 1.28 bits per heavy atom. The van der Waals surface area contributed by atoms with Gasteiger partial charge in [-0.1, -0.05) is 11.2 Å². The molecule has 2 amide bonds. The molecule has 1 saturated heterocycles. The fraction of sp³-hybridized carbons (Fsp3) is 0.333. The summed E-state index contributed by atoms with van der Waals surface area (Å²) in [6.07, 6.45) is 2.29. The summed E-state index contributed by atoms with van der Waals surface area (Å²) in [6, 6.07) is 11.3. The van der Waals surface area contributed by atoms with Crippen molar-refractivity contribution in [3.05, 3.63) is 52.5 Å². The van der Waals surface area contributed by atoms with Gasteiger partial charge < -0.3 is 14.7 Å². The first-order chi connectivity index (χ1) is 14.1. The van der Waals surface area contributed by atoms with E-state index in [4.69, 9.17) is 4.52 Å². The van der Waals surface area contributed by atoms with E-state index in [1.54, 1.807) is 23.5 Å². The third-order valence-electron chi connectivity index (χ3n) is 4.93. The van der Waals surface area contributed by atoms with E-state index in [2.05, 4.69) is 15.5 Å². The molecule has 3 aromatic rings. The van der Waals surface area contributed by atoms with E-state index in [0.717, 1.165) is 35.5 Å². The molecule has 29 heavy (non-hydrogen) atoms. The van der Waals surface area contributed by atoms with Gasteiger partial charge in [0.2, 0.25) is 23.5 Å². The van der Waals surface area contributed by atoms with Crippen molar-refractivity contribution < 1.29 is 14.1 Å². The Balaban J connectivity index is 1.42. The fourth-order valence-corrected chi connectivity index (χ4v) is 4.20. The maximum Gasteiger partial charge on any atom is 0.231 e. The number of aromatic nitrogens is 2. The third-order valence-corrected chi connectivity index (χ3v) is 5.81. The van der Waals surface area contributed by atoms with E-state index in [0.29, 0.717) is 24.7 Å². The van der Waals surface area contributed by atoms with Gasteiger partial charge in [0.25, 0.3) is 0 Å². The molecular formula is C21H22N4O3S. The highest BCUT2D eigenvalue weighted by Crippen LogP contribution is 2.28. The van der Waals surface area contributed by atoms with Crippen LogP contribution in [0, 0.1) is 0 Å². The summed E-state index contributed by atoms with van der Waals surface area (Å²) in [7, 11) is 0. The number of rotatable bonds is 5. The van der Waals surface area contributed by atoms with Gasteiger partial charge in [0.05, 0.1) is 12.3 Å². The van der Waals surface area contributed by atoms with E-state index >= 15 is 0 Å². The molecule has 1 N–H and O–H groups in total. The van der Waals surface area contributed by atoms with Crippen LogP contribution in [0.25, 0.3) is 11.4 Å². The van der Waals surface area contributed by atoms with Gasteiger partial charge in [0.15, 0.2) is 0 Å². The minimum Gasteiger partial charge on any atom is -0.342 e. The summed E-state index contributed by atoms with van der Waals surface area (Å²) in [5.74, 6) is 1.16. The third kappa shape index (κ3) is 4.71. The molecule has 1 aromatic carbocycles. The van der Waals surface area contributed by atoms with Crippen LogP contribution in [0.5, 0.6) is 0 Å². The molecule has 0 unspecified atom stereocenters. The molecule has 4 rings (SSSR count). The van der Waals surface area contributed by atoms with Gasteiger partial charge in [-0.25, -0.2) is 0 Å². The standard InChI is InChI=1S/C21H22N4O3S/c1-14(26)22-17-8-6-15(7-9-17)20-23-21(28-24-20)16-4-2-10-25(13-16)19(27)12-18-5-3-11-29-18/h3,5-9,11,16H,2,4,10,12-13H2,1H3,(H,22,26)/t16-/m1/s1. The number of hydrogen-bond donors (Lipinski definition) is 1. The van der Waals surface area contributed by atoms with Crippen LogP contribution in [0.15, 0.2) is 46.3 Å². The van der Waals surface area contributed by atoms with Gasteiger partial charge in [-0.15, -0.1) is 11.3 Å². The van der Waals surface area contributed by atoms with Gasteiger partial charge in [0.1, 0.15) is 0 Å². The Morgan fingerprint density at radius 3 is 2.83 bits per heavy atom. The predicted octanol–water partition coefficient (Wildman–Crippen LogP) is 3.71. The van der Waals surface area contributed by atoms with E-state index in [1.165, 1.54) is 6.92 Å². The summed E-state index contributed by atoms with van der Waals surface area (Å²) >= 11 is 1.61. The number of benzene rings is 1. The van der Waals surface area contributed by atoms with Gasteiger partial charge in [0, 0.05) is 36.1 Å². The topological polar surface area (TPSA) is 88.3 Å². The van der Waals surface area contributed by atoms with Crippen molar-refractivity contribution in [2.24, 2.45) is 0 Å². The summed E-state index contributed by atoms with van der Waals surface area (Å²) in [6.45, 7) is 2.84. The number of amides is 2. The molecule has 1 aliphatic rings. The van der Waals surface area contributed by atoms with E-state index in [9.17, 15) is 9.59 Å². The first kappa shape index (κ1) is 19.3. The molecule has 0 aliphatic carbocycles. The van der Waals surface area contributed by atoms with Gasteiger partial charge in [-0.3, -0.25) is 9.59 Å². The van der Waals surface area contributed by atoms with Crippen molar-refractivity contribution in [2.75, 3.05) is 18.4 Å². The van der Waals surface area contributed by atoms with Crippen LogP contribution < -0.4 is 5.32 Å². The van der Waals surface area contributed by atoms with Crippen LogP contribution in [0.3, 0.4) is 0 Å². The smallest absolute Gasteiger partial charge is 0.231 e. The Labute approximate surface area is 172 Å². The molecule has 8 heteroatoms. The highest BCUT2D eigenvalue weighted by molar-refractivity contribution is 7.10. The Bertz CT molecular complexity index is 982. The molecule has 0 radical (unpaired) electrons. The Hall–Kier alpha value is -3.00. The summed E-state index contributed by atoms with van der Waals surface area (Å²) < 4.78 is 5.52. The van der Waals surface area contributed by atoms with Crippen molar-refractivity contribution in [3.63, 3.8) is 0 Å². The van der Waals surface area contributed by atoms with Crippen molar-refractivity contribution >= 4 is 28.8 Å². The second-order valence-corrected chi connectivity index (χ2v) is 8.18. The molecule has 1 aliphatic heterocycles. The lowest BCUT2D eigenvalue weighted by Crippen LogP contribution is -2.39. The summed E-state index contributed by atoms with van der Waals surface area (Å²) in [5, 5.41) is 8.83. The number of thiophene rings is 1. The molecule has 7 nitrogen and oxygen atoms in total. The molecule has 150 valence electrons. The summed E-state index contributed by atoms with van der Waals surface area (Å²) in [5.41, 5.74) is 1.53. The number of nitrogens with one attached hydrogen (secondary N) is 1. The predicted molar refractivity (Wildman–Crippen MR) is 111 cm³/mol. The molecular weight excluding hydrogens is 388 g/mol. The second kappa shape index (κ2) is 8.57. The fourth-order valence-electron chi connectivity index (χ4n) is 3.50. The number of anilines is 1. The quantitative estimate of drug-likeness (QED) is 0.693. The first-order valence-electron chi connectivity index (χ1n) is 9.60. The number of carbonyl (C=O) groups excluding carboxylic acids is 2. The van der Waals surface area contributed by atoms with Crippen LogP contribution in [0.1, 0.15) is 36.5 Å². The number of likely N-dealkylation sites (tertiary alicyclic amines) is 1. The van der Waals surface area contributed by atoms with Crippen LogP contribution in [-0.2, 0) is 16.0 Å². The zero-order valence-corrected chi connectivity index (χ0v) is 16.9. The minimum atomic E-state index is -0.116. The SMILES string of the molecule is CC(=O)Nc1ccc(-c2noc([C@@H]3CCCN(C(=O)Cc4cccs4)C3)n2)cc1. The lowest BCUT2D eigenvalue weighted by atomic mass is 9.97.